The first kappa shape index (κ1) is 16.2. The average molecular weight is 328 g/mol. The van der Waals surface area contributed by atoms with Gasteiger partial charge in [0.25, 0.3) is 0 Å². The van der Waals surface area contributed by atoms with E-state index in [1.807, 2.05) is 12.1 Å². The molecule has 1 aromatic heterocycles. The van der Waals surface area contributed by atoms with Crippen molar-refractivity contribution in [1.82, 2.24) is 5.32 Å². The second kappa shape index (κ2) is 7.74. The van der Waals surface area contributed by atoms with Crippen LogP contribution in [0.25, 0.3) is 0 Å². The van der Waals surface area contributed by atoms with Crippen LogP contribution in [-0.2, 0) is 13.2 Å². The molecule has 0 radical (unpaired) electrons. The van der Waals surface area contributed by atoms with Crippen LogP contribution in [0.5, 0.6) is 5.75 Å². The molecule has 114 valence electrons. The highest BCUT2D eigenvalue weighted by molar-refractivity contribution is 6.35. The third-order valence-corrected chi connectivity index (χ3v) is 3.36. The summed E-state index contributed by atoms with van der Waals surface area (Å²) in [6.45, 7) is 6.37. The highest BCUT2D eigenvalue weighted by Gasteiger charge is 2.06. The lowest BCUT2D eigenvalue weighted by molar-refractivity contribution is 0.265. The maximum Gasteiger partial charge on any atom is 0.146 e. The Morgan fingerprint density at radius 3 is 2.62 bits per heavy atom. The van der Waals surface area contributed by atoms with Crippen molar-refractivity contribution in [3.63, 3.8) is 0 Å². The average Bonchev–Trinajstić information content (AvgIpc) is 2.85. The van der Waals surface area contributed by atoms with Gasteiger partial charge in [0.05, 0.1) is 11.6 Å². The number of rotatable bonds is 7. The molecular weight excluding hydrogens is 309 g/mol. The number of nitrogens with one attached hydrogen (secondary N) is 1. The highest BCUT2D eigenvalue weighted by Crippen LogP contribution is 2.28. The number of hydrogen-bond donors (Lipinski definition) is 1. The monoisotopic (exact) mass is 327 g/mol. The van der Waals surface area contributed by atoms with Gasteiger partial charge in [-0.25, -0.2) is 0 Å². The van der Waals surface area contributed by atoms with E-state index in [1.165, 1.54) is 0 Å². The molecule has 0 aliphatic heterocycles. The van der Waals surface area contributed by atoms with Crippen molar-refractivity contribution >= 4 is 23.2 Å². The molecule has 0 unspecified atom stereocenters. The lowest BCUT2D eigenvalue weighted by Gasteiger charge is -2.07. The van der Waals surface area contributed by atoms with Gasteiger partial charge in [-0.2, -0.15) is 0 Å². The number of furan rings is 1. The van der Waals surface area contributed by atoms with Gasteiger partial charge in [-0.05, 0) is 42.8 Å². The number of benzene rings is 1. The predicted octanol–water partition coefficient (Wildman–Crippen LogP) is 4.91. The smallest absolute Gasteiger partial charge is 0.146 e. The zero-order chi connectivity index (χ0) is 15.2. The van der Waals surface area contributed by atoms with E-state index < -0.39 is 0 Å². The summed E-state index contributed by atoms with van der Waals surface area (Å²) in [4.78, 5) is 0. The largest absolute Gasteiger partial charge is 0.484 e. The van der Waals surface area contributed by atoms with E-state index in [-0.39, 0.29) is 0 Å². The molecule has 21 heavy (non-hydrogen) atoms. The Kier molecular flexibility index (Phi) is 5.97. The van der Waals surface area contributed by atoms with Crippen LogP contribution >= 0.6 is 23.2 Å². The number of hydrogen-bond acceptors (Lipinski definition) is 3. The minimum Gasteiger partial charge on any atom is -0.484 e. The summed E-state index contributed by atoms with van der Waals surface area (Å²) >= 11 is 11.9. The third-order valence-electron chi connectivity index (χ3n) is 2.83. The molecule has 2 rings (SSSR count). The van der Waals surface area contributed by atoms with Crippen molar-refractivity contribution in [2.45, 2.75) is 27.0 Å². The molecule has 1 N–H and O–H groups in total. The molecule has 0 saturated heterocycles. The van der Waals surface area contributed by atoms with E-state index in [0.717, 1.165) is 24.6 Å². The van der Waals surface area contributed by atoms with Gasteiger partial charge in [-0.3, -0.25) is 0 Å². The predicted molar refractivity (Wildman–Crippen MR) is 86.0 cm³/mol. The van der Waals surface area contributed by atoms with Gasteiger partial charge in [0.2, 0.25) is 0 Å². The summed E-state index contributed by atoms with van der Waals surface area (Å²) in [5, 5.41) is 4.41. The summed E-state index contributed by atoms with van der Waals surface area (Å²) in [5.74, 6) is 2.88. The van der Waals surface area contributed by atoms with Crippen molar-refractivity contribution in [2.24, 2.45) is 5.92 Å². The Hall–Kier alpha value is -1.16. The fourth-order valence-corrected chi connectivity index (χ4v) is 2.28. The van der Waals surface area contributed by atoms with E-state index in [2.05, 4.69) is 19.2 Å². The quantitative estimate of drug-likeness (QED) is 0.784. The van der Waals surface area contributed by atoms with Crippen molar-refractivity contribution < 1.29 is 9.15 Å². The fraction of sp³-hybridized carbons (Fsp3) is 0.375. The molecule has 0 aliphatic carbocycles. The standard InChI is InChI=1S/C16H19Cl2NO2/c1-11(2)8-19-9-13-4-5-14(21-13)10-20-16-6-3-12(17)7-15(16)18/h3-7,11,19H,8-10H2,1-2H3. The molecular formula is C16H19Cl2NO2. The SMILES string of the molecule is CC(C)CNCc1ccc(COc2ccc(Cl)cc2Cl)o1. The lowest BCUT2D eigenvalue weighted by atomic mass is 10.2. The molecule has 0 amide bonds. The van der Waals surface area contributed by atoms with Gasteiger partial charge in [0.15, 0.2) is 0 Å². The summed E-state index contributed by atoms with van der Waals surface area (Å²) < 4.78 is 11.3. The van der Waals surface area contributed by atoms with Crippen molar-refractivity contribution in [3.05, 3.63) is 51.9 Å². The van der Waals surface area contributed by atoms with Crippen LogP contribution in [0.15, 0.2) is 34.7 Å². The second-order valence-corrected chi connectivity index (χ2v) is 6.10. The molecule has 0 fully saturated rings. The van der Waals surface area contributed by atoms with E-state index in [9.17, 15) is 0 Å². The number of ether oxygens (including phenoxy) is 1. The molecule has 0 bridgehead atoms. The second-order valence-electron chi connectivity index (χ2n) is 5.26. The molecule has 0 spiro atoms. The Labute approximate surface area is 135 Å². The van der Waals surface area contributed by atoms with Crippen molar-refractivity contribution in [2.75, 3.05) is 6.54 Å². The lowest BCUT2D eigenvalue weighted by Crippen LogP contribution is -2.18. The van der Waals surface area contributed by atoms with Gasteiger partial charge in [0.1, 0.15) is 23.9 Å². The Bertz CT molecular complexity index is 581. The van der Waals surface area contributed by atoms with Crippen molar-refractivity contribution in [3.8, 4) is 5.75 Å². The maximum atomic E-state index is 6.05. The molecule has 0 aliphatic rings. The number of halogens is 2. The van der Waals surface area contributed by atoms with Crippen molar-refractivity contribution in [1.29, 1.82) is 0 Å². The summed E-state index contributed by atoms with van der Waals surface area (Å²) in [5.41, 5.74) is 0. The van der Waals surface area contributed by atoms with E-state index in [4.69, 9.17) is 32.4 Å². The summed E-state index contributed by atoms with van der Waals surface area (Å²) in [6, 6.07) is 9.01. The molecule has 2 aromatic rings. The maximum absolute atomic E-state index is 6.05. The molecule has 1 heterocycles. The summed E-state index contributed by atoms with van der Waals surface area (Å²) in [6.07, 6.45) is 0. The first-order valence-electron chi connectivity index (χ1n) is 6.90. The Morgan fingerprint density at radius 2 is 1.90 bits per heavy atom. The van der Waals surface area contributed by atoms with Gasteiger partial charge in [-0.1, -0.05) is 37.0 Å². The van der Waals surface area contributed by atoms with Crippen LogP contribution < -0.4 is 10.1 Å². The van der Waals surface area contributed by atoms with Gasteiger partial charge >= 0.3 is 0 Å². The van der Waals surface area contributed by atoms with E-state index >= 15 is 0 Å². The third kappa shape index (κ3) is 5.27. The van der Waals surface area contributed by atoms with Crippen LogP contribution in [0.2, 0.25) is 10.0 Å². The topological polar surface area (TPSA) is 34.4 Å². The van der Waals surface area contributed by atoms with Crippen LogP contribution in [-0.4, -0.2) is 6.54 Å². The molecule has 5 heteroatoms. The van der Waals surface area contributed by atoms with Crippen LogP contribution in [0.4, 0.5) is 0 Å². The zero-order valence-electron chi connectivity index (χ0n) is 12.2. The normalized spacial score (nSPS) is 11.1. The van der Waals surface area contributed by atoms with E-state index in [1.54, 1.807) is 18.2 Å². The van der Waals surface area contributed by atoms with Crippen LogP contribution in [0.3, 0.4) is 0 Å². The highest BCUT2D eigenvalue weighted by atomic mass is 35.5. The first-order valence-corrected chi connectivity index (χ1v) is 7.66. The molecule has 3 nitrogen and oxygen atoms in total. The van der Waals surface area contributed by atoms with E-state index in [0.29, 0.717) is 28.3 Å². The van der Waals surface area contributed by atoms with Gasteiger partial charge in [-0.15, -0.1) is 0 Å². The first-order chi connectivity index (χ1) is 10.0. The minimum atomic E-state index is 0.339. The molecule has 0 saturated carbocycles. The Morgan fingerprint density at radius 1 is 1.14 bits per heavy atom. The fourth-order valence-electron chi connectivity index (χ4n) is 1.82. The van der Waals surface area contributed by atoms with Gasteiger partial charge in [0, 0.05) is 5.02 Å². The van der Waals surface area contributed by atoms with Gasteiger partial charge < -0.3 is 14.5 Å². The molecule has 1 aromatic carbocycles. The van der Waals surface area contributed by atoms with Crippen LogP contribution in [0, 0.1) is 5.92 Å². The zero-order valence-corrected chi connectivity index (χ0v) is 13.7. The Balaban J connectivity index is 1.85. The summed E-state index contributed by atoms with van der Waals surface area (Å²) in [7, 11) is 0. The van der Waals surface area contributed by atoms with Crippen LogP contribution in [0.1, 0.15) is 25.4 Å². The molecule has 0 atom stereocenters. The minimum absolute atomic E-state index is 0.339.